The van der Waals surface area contributed by atoms with E-state index in [9.17, 15) is 0 Å². The monoisotopic (exact) mass is 534 g/mol. The molecule has 0 heteroatoms. The van der Waals surface area contributed by atoms with Crippen LogP contribution in [-0.2, 0) is 16.2 Å². The van der Waals surface area contributed by atoms with Crippen LogP contribution >= 0.6 is 0 Å². The zero-order chi connectivity index (χ0) is 29.2. The van der Waals surface area contributed by atoms with Gasteiger partial charge in [0.15, 0.2) is 0 Å². The topological polar surface area (TPSA) is 0 Å². The third kappa shape index (κ3) is 4.74. The van der Waals surface area contributed by atoms with Crippen molar-refractivity contribution in [3.8, 4) is 44.5 Å². The van der Waals surface area contributed by atoms with E-state index in [0.717, 1.165) is 0 Å². The van der Waals surface area contributed by atoms with Crippen molar-refractivity contribution in [1.82, 2.24) is 0 Å². The SMILES string of the molecule is CC(C)(C)c1ccc2c(c1)C(C)(C)c1cc(C(C)(C)C)cc(-c3ccccc3-c3ccc(-c4ccccc4)cc3)c1-2. The van der Waals surface area contributed by atoms with Gasteiger partial charge in [0.2, 0.25) is 0 Å². The third-order valence-corrected chi connectivity index (χ3v) is 9.03. The highest BCUT2D eigenvalue weighted by atomic mass is 14.4. The van der Waals surface area contributed by atoms with Crippen LogP contribution in [0.25, 0.3) is 44.5 Å². The van der Waals surface area contributed by atoms with E-state index in [1.165, 1.54) is 66.8 Å². The van der Waals surface area contributed by atoms with E-state index < -0.39 is 0 Å². The van der Waals surface area contributed by atoms with Crippen LogP contribution in [-0.4, -0.2) is 0 Å². The Labute approximate surface area is 247 Å². The Morgan fingerprint density at radius 2 is 0.951 bits per heavy atom. The molecule has 1 aliphatic rings. The average Bonchev–Trinajstić information content (AvgIpc) is 3.18. The molecule has 0 nitrogen and oxygen atoms in total. The van der Waals surface area contributed by atoms with Crippen molar-refractivity contribution in [3.05, 3.63) is 131 Å². The van der Waals surface area contributed by atoms with Gasteiger partial charge in [-0.15, -0.1) is 0 Å². The molecule has 5 aromatic rings. The summed E-state index contributed by atoms with van der Waals surface area (Å²) in [6.45, 7) is 18.8. The van der Waals surface area contributed by atoms with Crippen molar-refractivity contribution < 1.29 is 0 Å². The van der Waals surface area contributed by atoms with Crippen molar-refractivity contribution in [3.63, 3.8) is 0 Å². The van der Waals surface area contributed by atoms with E-state index in [4.69, 9.17) is 0 Å². The maximum absolute atomic E-state index is 2.49. The molecule has 0 bridgehead atoms. The van der Waals surface area contributed by atoms with E-state index in [2.05, 4.69) is 165 Å². The van der Waals surface area contributed by atoms with Crippen molar-refractivity contribution >= 4 is 0 Å². The molecular weight excluding hydrogens is 492 g/mol. The molecule has 206 valence electrons. The third-order valence-electron chi connectivity index (χ3n) is 9.03. The minimum absolute atomic E-state index is 0.0392. The Kier molecular flexibility index (Phi) is 6.38. The fraction of sp³-hybridized carbons (Fsp3) is 0.268. The first-order valence-electron chi connectivity index (χ1n) is 15.0. The molecular formula is C41H42. The molecule has 1 aliphatic carbocycles. The minimum Gasteiger partial charge on any atom is -0.0622 e. The molecule has 0 amide bonds. The Bertz CT molecular complexity index is 1730. The molecule has 0 unspecified atom stereocenters. The van der Waals surface area contributed by atoms with E-state index in [-0.39, 0.29) is 16.2 Å². The largest absolute Gasteiger partial charge is 0.0622 e. The van der Waals surface area contributed by atoms with Gasteiger partial charge in [0, 0.05) is 5.41 Å². The molecule has 0 spiro atoms. The summed E-state index contributed by atoms with van der Waals surface area (Å²) in [5.41, 5.74) is 16.2. The first-order valence-corrected chi connectivity index (χ1v) is 15.0. The van der Waals surface area contributed by atoms with Crippen molar-refractivity contribution in [2.75, 3.05) is 0 Å². The fourth-order valence-corrected chi connectivity index (χ4v) is 6.40. The molecule has 0 N–H and O–H groups in total. The molecule has 0 saturated carbocycles. The van der Waals surface area contributed by atoms with Crippen LogP contribution in [0.15, 0.2) is 109 Å². The number of benzene rings is 5. The van der Waals surface area contributed by atoms with Gasteiger partial charge in [0.05, 0.1) is 0 Å². The number of hydrogen-bond acceptors (Lipinski definition) is 0. The van der Waals surface area contributed by atoms with Gasteiger partial charge in [0.1, 0.15) is 0 Å². The molecule has 0 atom stereocenters. The van der Waals surface area contributed by atoms with Crippen LogP contribution in [0.5, 0.6) is 0 Å². The zero-order valence-electron chi connectivity index (χ0n) is 25.9. The van der Waals surface area contributed by atoms with Gasteiger partial charge >= 0.3 is 0 Å². The molecule has 0 aliphatic heterocycles. The molecule has 0 radical (unpaired) electrons. The second-order valence-electron chi connectivity index (χ2n) is 14.3. The predicted molar refractivity (Wildman–Crippen MR) is 178 cm³/mol. The van der Waals surface area contributed by atoms with Crippen LogP contribution in [0.3, 0.4) is 0 Å². The lowest BCUT2D eigenvalue weighted by atomic mass is 9.76. The summed E-state index contributed by atoms with van der Waals surface area (Å²) in [6, 6.07) is 40.8. The van der Waals surface area contributed by atoms with Crippen molar-refractivity contribution in [2.45, 2.75) is 71.6 Å². The summed E-state index contributed by atoms with van der Waals surface area (Å²) < 4.78 is 0. The Morgan fingerprint density at radius 3 is 1.59 bits per heavy atom. The summed E-state index contributed by atoms with van der Waals surface area (Å²) >= 11 is 0. The molecule has 0 aromatic heterocycles. The van der Waals surface area contributed by atoms with Crippen LogP contribution in [0.2, 0.25) is 0 Å². The lowest BCUT2D eigenvalue weighted by molar-refractivity contribution is 0.580. The quantitative estimate of drug-likeness (QED) is 0.216. The minimum atomic E-state index is -0.0752. The highest BCUT2D eigenvalue weighted by Gasteiger charge is 2.39. The van der Waals surface area contributed by atoms with Crippen LogP contribution < -0.4 is 0 Å². The first kappa shape index (κ1) is 27.3. The van der Waals surface area contributed by atoms with E-state index >= 15 is 0 Å². The van der Waals surface area contributed by atoms with E-state index in [0.29, 0.717) is 0 Å². The smallest absolute Gasteiger partial charge is 0.0159 e. The normalized spacial score (nSPS) is 14.0. The zero-order valence-corrected chi connectivity index (χ0v) is 25.9. The number of hydrogen-bond donors (Lipinski definition) is 0. The number of rotatable bonds is 3. The van der Waals surface area contributed by atoms with Gasteiger partial charge in [-0.1, -0.05) is 159 Å². The second kappa shape index (κ2) is 9.59. The van der Waals surface area contributed by atoms with Gasteiger partial charge in [-0.2, -0.15) is 0 Å². The molecule has 0 saturated heterocycles. The Balaban J connectivity index is 1.58. The van der Waals surface area contributed by atoms with E-state index in [1.54, 1.807) is 0 Å². The maximum atomic E-state index is 2.49. The van der Waals surface area contributed by atoms with E-state index in [1.807, 2.05) is 0 Å². The highest BCUT2D eigenvalue weighted by Crippen LogP contribution is 2.55. The molecule has 41 heavy (non-hydrogen) atoms. The highest BCUT2D eigenvalue weighted by molar-refractivity contribution is 5.97. The lowest BCUT2D eigenvalue weighted by Crippen LogP contribution is -2.19. The van der Waals surface area contributed by atoms with Crippen LogP contribution in [0.1, 0.15) is 77.6 Å². The summed E-state index contributed by atoms with van der Waals surface area (Å²) in [6.07, 6.45) is 0. The molecule has 6 rings (SSSR count). The standard InChI is InChI=1S/C41H42/c1-39(2,3)30-22-23-34-36(25-30)41(7,8)37-26-31(40(4,5)6)24-35(38(34)37)33-17-13-12-16-32(33)29-20-18-28(19-21-29)27-14-10-9-11-15-27/h9-26H,1-8H3. The van der Waals surface area contributed by atoms with Crippen LogP contribution in [0.4, 0.5) is 0 Å². The fourth-order valence-electron chi connectivity index (χ4n) is 6.40. The van der Waals surface area contributed by atoms with Crippen molar-refractivity contribution in [2.24, 2.45) is 0 Å². The Hall–Kier alpha value is -3.90. The van der Waals surface area contributed by atoms with Gasteiger partial charge < -0.3 is 0 Å². The predicted octanol–water partition coefficient (Wildman–Crippen LogP) is 11.6. The summed E-state index contributed by atoms with van der Waals surface area (Å²) in [4.78, 5) is 0. The average molecular weight is 535 g/mol. The lowest BCUT2D eigenvalue weighted by Gasteiger charge is -2.28. The van der Waals surface area contributed by atoms with Crippen LogP contribution in [0, 0.1) is 0 Å². The maximum Gasteiger partial charge on any atom is 0.0159 e. The summed E-state index contributed by atoms with van der Waals surface area (Å²) in [7, 11) is 0. The second-order valence-corrected chi connectivity index (χ2v) is 14.3. The van der Waals surface area contributed by atoms with Gasteiger partial charge in [-0.05, 0) is 83.7 Å². The van der Waals surface area contributed by atoms with Gasteiger partial charge in [-0.25, -0.2) is 0 Å². The molecule has 0 fully saturated rings. The summed E-state index contributed by atoms with van der Waals surface area (Å²) in [5.74, 6) is 0. The first-order chi connectivity index (χ1) is 19.4. The molecule has 5 aromatic carbocycles. The molecule has 0 heterocycles. The Morgan fingerprint density at radius 1 is 0.415 bits per heavy atom. The number of fused-ring (bicyclic) bond motifs is 3. The summed E-state index contributed by atoms with van der Waals surface area (Å²) in [5, 5.41) is 0. The van der Waals surface area contributed by atoms with Gasteiger partial charge in [-0.3, -0.25) is 0 Å². The van der Waals surface area contributed by atoms with Crippen molar-refractivity contribution in [1.29, 1.82) is 0 Å². The van der Waals surface area contributed by atoms with Gasteiger partial charge in [0.25, 0.3) is 0 Å².